The van der Waals surface area contributed by atoms with Crippen LogP contribution in [0.1, 0.15) is 6.92 Å². The number of urea groups is 1. The fraction of sp³-hybridized carbons (Fsp3) is 0.273. The first-order valence-corrected chi connectivity index (χ1v) is 7.44. The van der Waals surface area contributed by atoms with E-state index >= 15 is 0 Å². The molecule has 0 saturated heterocycles. The number of halogens is 1. The van der Waals surface area contributed by atoms with Gasteiger partial charge in [-0.3, -0.25) is 10.1 Å². The molecule has 0 aromatic heterocycles. The van der Waals surface area contributed by atoms with Gasteiger partial charge in [0.05, 0.1) is 9.92 Å². The van der Waals surface area contributed by atoms with Gasteiger partial charge in [0, 0.05) is 12.7 Å². The summed E-state index contributed by atoms with van der Waals surface area (Å²) < 4.78 is 24.6. The summed E-state index contributed by atoms with van der Waals surface area (Å²) in [6, 6.07) is 3.14. The largest absolute Gasteiger partial charge is 0.399 e. The Labute approximate surface area is 121 Å². The number of sulfone groups is 1. The van der Waals surface area contributed by atoms with Crippen LogP contribution in [0, 0.1) is 0 Å². The zero-order valence-corrected chi connectivity index (χ0v) is 12.4. The summed E-state index contributed by atoms with van der Waals surface area (Å²) in [5.74, 6) is -0.956. The van der Waals surface area contributed by atoms with Crippen LogP contribution in [0.15, 0.2) is 23.1 Å². The number of hydrogen-bond acceptors (Lipinski definition) is 5. The third kappa shape index (κ3) is 3.40. The maximum atomic E-state index is 12.3. The van der Waals surface area contributed by atoms with Crippen LogP contribution >= 0.6 is 11.6 Å². The molecule has 3 amide bonds. The summed E-state index contributed by atoms with van der Waals surface area (Å²) in [5.41, 5.74) is 5.72. The molecule has 0 aliphatic carbocycles. The summed E-state index contributed by atoms with van der Waals surface area (Å²) in [4.78, 5) is 22.5. The van der Waals surface area contributed by atoms with Crippen LogP contribution < -0.4 is 16.4 Å². The number of rotatable bonds is 3. The molecule has 0 fully saturated rings. The highest BCUT2D eigenvalue weighted by Gasteiger charge is 2.32. The lowest BCUT2D eigenvalue weighted by Crippen LogP contribution is -2.44. The second-order valence-electron chi connectivity index (χ2n) is 3.95. The van der Waals surface area contributed by atoms with Crippen molar-refractivity contribution in [1.29, 1.82) is 0 Å². The van der Waals surface area contributed by atoms with Crippen LogP contribution in [-0.2, 0) is 14.6 Å². The third-order valence-corrected chi connectivity index (χ3v) is 5.10. The van der Waals surface area contributed by atoms with Crippen molar-refractivity contribution in [2.75, 3.05) is 12.8 Å². The smallest absolute Gasteiger partial charge is 0.321 e. The van der Waals surface area contributed by atoms with Crippen molar-refractivity contribution in [2.24, 2.45) is 0 Å². The molecule has 4 N–H and O–H groups in total. The van der Waals surface area contributed by atoms with Gasteiger partial charge < -0.3 is 11.1 Å². The number of imide groups is 1. The van der Waals surface area contributed by atoms with E-state index in [2.05, 4.69) is 5.32 Å². The second-order valence-corrected chi connectivity index (χ2v) is 6.59. The summed E-state index contributed by atoms with van der Waals surface area (Å²) in [6.45, 7) is 1.16. The van der Waals surface area contributed by atoms with E-state index in [0.29, 0.717) is 0 Å². The molecule has 0 aliphatic heterocycles. The van der Waals surface area contributed by atoms with Crippen molar-refractivity contribution in [2.45, 2.75) is 17.1 Å². The van der Waals surface area contributed by atoms with Crippen LogP contribution in [0.2, 0.25) is 5.02 Å². The van der Waals surface area contributed by atoms with Gasteiger partial charge in [-0.05, 0) is 25.1 Å². The number of benzene rings is 1. The van der Waals surface area contributed by atoms with Crippen molar-refractivity contribution < 1.29 is 18.0 Å². The fourth-order valence-electron chi connectivity index (χ4n) is 1.35. The van der Waals surface area contributed by atoms with Gasteiger partial charge in [0.2, 0.25) is 5.91 Å². The topological polar surface area (TPSA) is 118 Å². The Bertz CT molecular complexity index is 645. The molecule has 0 spiro atoms. The monoisotopic (exact) mass is 319 g/mol. The van der Waals surface area contributed by atoms with E-state index in [4.69, 9.17) is 17.3 Å². The van der Waals surface area contributed by atoms with Crippen molar-refractivity contribution in [3.8, 4) is 0 Å². The molecule has 9 heteroatoms. The fourth-order valence-corrected chi connectivity index (χ4v) is 3.15. The summed E-state index contributed by atoms with van der Waals surface area (Å²) in [6.07, 6.45) is 0. The Morgan fingerprint density at radius 1 is 1.35 bits per heavy atom. The zero-order chi connectivity index (χ0) is 15.5. The van der Waals surface area contributed by atoms with Crippen LogP contribution in [0.4, 0.5) is 10.5 Å². The zero-order valence-electron chi connectivity index (χ0n) is 10.8. The molecule has 0 saturated carbocycles. The predicted octanol–water partition coefficient (Wildman–Crippen LogP) is 0.540. The van der Waals surface area contributed by atoms with E-state index in [9.17, 15) is 18.0 Å². The van der Waals surface area contributed by atoms with Crippen molar-refractivity contribution in [3.05, 3.63) is 23.2 Å². The first kappa shape index (κ1) is 16.3. The summed E-state index contributed by atoms with van der Waals surface area (Å²) in [7, 11) is -2.75. The molecule has 20 heavy (non-hydrogen) atoms. The molecule has 1 atom stereocenters. The Kier molecular flexibility index (Phi) is 4.96. The second kappa shape index (κ2) is 6.10. The molecule has 1 rings (SSSR count). The number of nitrogens with two attached hydrogens (primary N) is 1. The number of nitrogen functional groups attached to an aromatic ring is 1. The van der Waals surface area contributed by atoms with Gasteiger partial charge in [-0.15, -0.1) is 0 Å². The van der Waals surface area contributed by atoms with Crippen LogP contribution in [0.5, 0.6) is 0 Å². The quantitative estimate of drug-likeness (QED) is 0.703. The molecule has 110 valence electrons. The number of hydrogen-bond donors (Lipinski definition) is 3. The molecule has 1 aromatic carbocycles. The van der Waals surface area contributed by atoms with E-state index < -0.39 is 27.0 Å². The molecular weight excluding hydrogens is 306 g/mol. The first-order valence-electron chi connectivity index (χ1n) is 5.51. The van der Waals surface area contributed by atoms with E-state index in [1.165, 1.54) is 25.2 Å². The van der Waals surface area contributed by atoms with Crippen LogP contribution in [0.3, 0.4) is 0 Å². The SMILES string of the molecule is CNC(=O)NC(=O)C(C)S(=O)(=O)c1cc(N)ccc1Cl. The third-order valence-electron chi connectivity index (χ3n) is 2.56. The van der Waals surface area contributed by atoms with Gasteiger partial charge in [-0.25, -0.2) is 13.2 Å². The first-order chi connectivity index (χ1) is 9.20. The van der Waals surface area contributed by atoms with Gasteiger partial charge in [-0.1, -0.05) is 11.6 Å². The van der Waals surface area contributed by atoms with Gasteiger partial charge in [0.1, 0.15) is 5.25 Å². The summed E-state index contributed by atoms with van der Waals surface area (Å²) in [5, 5.41) is 2.52. The Morgan fingerprint density at radius 2 is 1.95 bits per heavy atom. The van der Waals surface area contributed by atoms with Crippen molar-refractivity contribution in [1.82, 2.24) is 10.6 Å². The normalized spacial score (nSPS) is 12.6. The van der Waals surface area contributed by atoms with Gasteiger partial charge in [0.25, 0.3) is 0 Å². The Morgan fingerprint density at radius 3 is 2.50 bits per heavy atom. The number of anilines is 1. The van der Waals surface area contributed by atoms with Crippen LogP contribution in [-0.4, -0.2) is 32.7 Å². The minimum Gasteiger partial charge on any atom is -0.399 e. The molecule has 1 aromatic rings. The minimum absolute atomic E-state index is 0.0428. The van der Waals surface area contributed by atoms with E-state index in [-0.39, 0.29) is 15.6 Å². The highest BCUT2D eigenvalue weighted by molar-refractivity contribution is 7.93. The highest BCUT2D eigenvalue weighted by Crippen LogP contribution is 2.27. The molecule has 7 nitrogen and oxygen atoms in total. The number of carbonyl (C=O) groups is 2. The average Bonchev–Trinajstić information content (AvgIpc) is 2.40. The maximum Gasteiger partial charge on any atom is 0.321 e. The van der Waals surface area contributed by atoms with Crippen molar-refractivity contribution >= 4 is 39.1 Å². The molecule has 0 heterocycles. The number of nitrogens with one attached hydrogen (secondary N) is 2. The maximum absolute atomic E-state index is 12.3. The van der Waals surface area contributed by atoms with Crippen LogP contribution in [0.25, 0.3) is 0 Å². The predicted molar refractivity (Wildman–Crippen MR) is 75.1 cm³/mol. The lowest BCUT2D eigenvalue weighted by molar-refractivity contribution is -0.119. The van der Waals surface area contributed by atoms with E-state index in [1.54, 1.807) is 0 Å². The molecule has 0 bridgehead atoms. The van der Waals surface area contributed by atoms with Gasteiger partial charge in [-0.2, -0.15) is 0 Å². The number of amides is 3. The lowest BCUT2D eigenvalue weighted by Gasteiger charge is -2.14. The molecule has 0 aliphatic rings. The van der Waals surface area contributed by atoms with E-state index in [0.717, 1.165) is 6.92 Å². The molecular formula is C11H14ClN3O4S. The van der Waals surface area contributed by atoms with Crippen molar-refractivity contribution in [3.63, 3.8) is 0 Å². The minimum atomic E-state index is -4.05. The molecule has 1 unspecified atom stereocenters. The average molecular weight is 320 g/mol. The standard InChI is InChI=1S/C11H14ClN3O4S/c1-6(10(16)15-11(17)14-2)20(18,19)9-5-7(13)3-4-8(9)12/h3-6H,13H2,1-2H3,(H2,14,15,16,17). The van der Waals surface area contributed by atoms with Gasteiger partial charge >= 0.3 is 6.03 Å². The number of carbonyl (C=O) groups excluding carboxylic acids is 2. The Hall–Kier alpha value is -1.80. The highest BCUT2D eigenvalue weighted by atomic mass is 35.5. The Balaban J connectivity index is 3.13. The lowest BCUT2D eigenvalue weighted by atomic mass is 10.3. The molecule has 0 radical (unpaired) electrons. The van der Waals surface area contributed by atoms with Gasteiger partial charge in [0.15, 0.2) is 9.84 Å². The summed E-state index contributed by atoms with van der Waals surface area (Å²) >= 11 is 5.82. The van der Waals surface area contributed by atoms with E-state index in [1.807, 2.05) is 5.32 Å².